The van der Waals surface area contributed by atoms with Gasteiger partial charge in [-0.15, -0.1) is 0 Å². The number of rotatable bonds is 15. The van der Waals surface area contributed by atoms with Crippen molar-refractivity contribution in [2.45, 2.75) is 42.8 Å². The van der Waals surface area contributed by atoms with Gasteiger partial charge in [0.05, 0.1) is 8.07 Å². The maximum Gasteiger partial charge on any atom is 0.320 e. The molecule has 0 N–H and O–H groups in total. The van der Waals surface area contributed by atoms with Crippen LogP contribution in [0, 0.1) is 0 Å². The van der Waals surface area contributed by atoms with Gasteiger partial charge in [-0.2, -0.15) is 0 Å². The maximum absolute atomic E-state index is 5.49. The molecule has 23 heavy (non-hydrogen) atoms. The highest BCUT2D eigenvalue weighted by Gasteiger charge is 2.31. The molecule has 0 saturated heterocycles. The fraction of sp³-hybridized carbons (Fsp3) is 1.00. The van der Waals surface area contributed by atoms with Gasteiger partial charge in [0.1, 0.15) is 0 Å². The Morgan fingerprint density at radius 1 is 0.522 bits per heavy atom. The lowest BCUT2D eigenvalue weighted by Gasteiger charge is -2.30. The van der Waals surface area contributed by atoms with Crippen molar-refractivity contribution in [2.75, 3.05) is 42.7 Å². The standard InChI is InChI=1S/C13H36O6Si4/c1-14-20(15-2)8-11-23(7,12-9-21(16-3)17-4)13-10-22(18-5)19-6/h20-22H,8-13H2,1-7H3. The molecule has 0 unspecified atom stereocenters. The fourth-order valence-electron chi connectivity index (χ4n) is 2.77. The molecule has 0 aromatic heterocycles. The van der Waals surface area contributed by atoms with Gasteiger partial charge in [0.15, 0.2) is 0 Å². The summed E-state index contributed by atoms with van der Waals surface area (Å²) in [5.74, 6) is 0. The van der Waals surface area contributed by atoms with Crippen LogP contribution in [-0.4, -0.2) is 78.6 Å². The van der Waals surface area contributed by atoms with Gasteiger partial charge >= 0.3 is 27.9 Å². The monoisotopic (exact) mass is 400 g/mol. The van der Waals surface area contributed by atoms with Gasteiger partial charge in [-0.1, -0.05) is 24.7 Å². The van der Waals surface area contributed by atoms with E-state index in [0.29, 0.717) is 0 Å². The Morgan fingerprint density at radius 3 is 0.913 bits per heavy atom. The van der Waals surface area contributed by atoms with Gasteiger partial charge in [-0.3, -0.25) is 0 Å². The minimum atomic E-state index is -1.49. The largest absolute Gasteiger partial charge is 0.400 e. The normalized spacial score (nSPS) is 12.8. The van der Waals surface area contributed by atoms with E-state index in [9.17, 15) is 0 Å². The maximum atomic E-state index is 5.49. The lowest BCUT2D eigenvalue weighted by Crippen LogP contribution is -2.36. The number of hydrogen-bond acceptors (Lipinski definition) is 6. The molecule has 0 aromatic carbocycles. The minimum absolute atomic E-state index is 1.08. The van der Waals surface area contributed by atoms with E-state index in [4.69, 9.17) is 26.6 Å². The summed E-state index contributed by atoms with van der Waals surface area (Å²) in [6.07, 6.45) is 0. The Morgan fingerprint density at radius 2 is 0.739 bits per heavy atom. The average molecular weight is 401 g/mol. The summed E-state index contributed by atoms with van der Waals surface area (Å²) in [5, 5.41) is 0. The molecular formula is C13H36O6Si4. The molecule has 6 nitrogen and oxygen atoms in total. The molecule has 10 heteroatoms. The van der Waals surface area contributed by atoms with Crippen LogP contribution in [0.2, 0.25) is 42.8 Å². The highest BCUT2D eigenvalue weighted by molar-refractivity contribution is 6.81. The SMILES string of the molecule is CO[SiH](CC[Si](C)(CC[SiH](OC)OC)CC[SiH](OC)OC)OC. The third kappa shape index (κ3) is 10.3. The Balaban J connectivity index is 4.66. The zero-order valence-electron chi connectivity index (χ0n) is 15.9. The molecule has 0 aliphatic heterocycles. The Hall–Kier alpha value is 0.628. The van der Waals surface area contributed by atoms with Gasteiger partial charge in [0.2, 0.25) is 0 Å². The van der Waals surface area contributed by atoms with Crippen LogP contribution in [0.25, 0.3) is 0 Å². The van der Waals surface area contributed by atoms with E-state index < -0.39 is 35.9 Å². The predicted octanol–water partition coefficient (Wildman–Crippen LogP) is 1.60. The first-order valence-electron chi connectivity index (χ1n) is 8.15. The Kier molecular flexibility index (Phi) is 14.2. The zero-order chi connectivity index (χ0) is 17.7. The quantitative estimate of drug-likeness (QED) is 0.389. The van der Waals surface area contributed by atoms with Crippen LogP contribution in [0.5, 0.6) is 0 Å². The third-order valence-electron chi connectivity index (χ3n) is 4.53. The van der Waals surface area contributed by atoms with E-state index in [2.05, 4.69) is 6.55 Å². The summed E-state index contributed by atoms with van der Waals surface area (Å²) >= 11 is 0. The molecule has 0 aliphatic carbocycles. The summed E-state index contributed by atoms with van der Waals surface area (Å²) in [4.78, 5) is 0. The molecule has 0 radical (unpaired) electrons. The average Bonchev–Trinajstić information content (AvgIpc) is 2.57. The van der Waals surface area contributed by atoms with Crippen molar-refractivity contribution < 1.29 is 26.6 Å². The van der Waals surface area contributed by atoms with Crippen molar-refractivity contribution in [2.24, 2.45) is 0 Å². The van der Waals surface area contributed by atoms with Crippen LogP contribution in [-0.2, 0) is 26.6 Å². The summed E-state index contributed by atoms with van der Waals surface area (Å²) in [7, 11) is 4.69. The van der Waals surface area contributed by atoms with Gasteiger partial charge < -0.3 is 26.6 Å². The van der Waals surface area contributed by atoms with Crippen molar-refractivity contribution in [3.63, 3.8) is 0 Å². The molecule has 140 valence electrons. The lowest BCUT2D eigenvalue weighted by molar-refractivity contribution is 0.278. The van der Waals surface area contributed by atoms with E-state index in [1.54, 1.807) is 42.7 Å². The van der Waals surface area contributed by atoms with Crippen molar-refractivity contribution in [3.05, 3.63) is 0 Å². The minimum Gasteiger partial charge on any atom is -0.400 e. The first kappa shape index (κ1) is 23.6. The first-order chi connectivity index (χ1) is 11.0. The molecule has 0 fully saturated rings. The van der Waals surface area contributed by atoms with Crippen LogP contribution >= 0.6 is 0 Å². The van der Waals surface area contributed by atoms with E-state index in [-0.39, 0.29) is 0 Å². The second-order valence-corrected chi connectivity index (χ2v) is 18.4. The fourth-order valence-corrected chi connectivity index (χ4v) is 16.7. The topological polar surface area (TPSA) is 55.4 Å². The lowest BCUT2D eigenvalue weighted by atomic mass is 10.9. The molecule has 0 saturated carbocycles. The van der Waals surface area contributed by atoms with Crippen LogP contribution in [0.1, 0.15) is 0 Å². The van der Waals surface area contributed by atoms with Crippen LogP contribution in [0.3, 0.4) is 0 Å². The third-order valence-corrected chi connectivity index (χ3v) is 16.2. The molecular weight excluding hydrogens is 364 g/mol. The summed E-state index contributed by atoms with van der Waals surface area (Å²) in [6, 6.07) is 6.92. The van der Waals surface area contributed by atoms with E-state index in [1.165, 1.54) is 18.1 Å². The summed E-state index contributed by atoms with van der Waals surface area (Å²) in [6.45, 7) is 2.48. The Bertz CT molecular complexity index is 234. The van der Waals surface area contributed by atoms with E-state index in [1.807, 2.05) is 0 Å². The highest BCUT2D eigenvalue weighted by Crippen LogP contribution is 2.29. The molecule has 0 amide bonds. The van der Waals surface area contributed by atoms with Gasteiger partial charge in [-0.05, 0) is 18.1 Å². The van der Waals surface area contributed by atoms with Crippen LogP contribution in [0.4, 0.5) is 0 Å². The molecule has 0 aromatic rings. The molecule has 0 heterocycles. The predicted molar refractivity (Wildman–Crippen MR) is 104 cm³/mol. The molecule has 0 atom stereocenters. The van der Waals surface area contributed by atoms with Gasteiger partial charge in [0, 0.05) is 42.7 Å². The van der Waals surface area contributed by atoms with Crippen molar-refractivity contribution in [1.29, 1.82) is 0 Å². The first-order valence-corrected chi connectivity index (χ1v) is 16.5. The highest BCUT2D eigenvalue weighted by atomic mass is 28.3. The summed E-state index contributed by atoms with van der Waals surface area (Å²) < 4.78 is 32.9. The van der Waals surface area contributed by atoms with Crippen LogP contribution in [0.15, 0.2) is 0 Å². The molecule has 0 bridgehead atoms. The smallest absolute Gasteiger partial charge is 0.320 e. The van der Waals surface area contributed by atoms with Crippen molar-refractivity contribution in [3.8, 4) is 0 Å². The molecule has 0 aliphatic rings. The number of hydrogen-bond donors (Lipinski definition) is 0. The molecule has 0 spiro atoms. The second kappa shape index (κ2) is 13.9. The van der Waals surface area contributed by atoms with Gasteiger partial charge in [-0.25, -0.2) is 0 Å². The Labute approximate surface area is 148 Å². The van der Waals surface area contributed by atoms with E-state index >= 15 is 0 Å². The van der Waals surface area contributed by atoms with E-state index in [0.717, 1.165) is 18.1 Å². The van der Waals surface area contributed by atoms with Gasteiger partial charge in [0.25, 0.3) is 0 Å². The van der Waals surface area contributed by atoms with Crippen molar-refractivity contribution >= 4 is 35.9 Å². The zero-order valence-corrected chi connectivity index (χ0v) is 20.4. The molecule has 0 rings (SSSR count). The summed E-state index contributed by atoms with van der Waals surface area (Å²) in [5.41, 5.74) is 0. The van der Waals surface area contributed by atoms with Crippen LogP contribution < -0.4 is 0 Å². The second-order valence-electron chi connectivity index (χ2n) is 6.13. The van der Waals surface area contributed by atoms with Crippen molar-refractivity contribution in [1.82, 2.24) is 0 Å².